The summed E-state index contributed by atoms with van der Waals surface area (Å²) in [4.78, 5) is 0. The minimum Gasteiger partial charge on any atom is -0.382 e. The molecule has 0 heterocycles. The van der Waals surface area contributed by atoms with Crippen LogP contribution in [0, 0.1) is 0 Å². The monoisotopic (exact) mass is 305 g/mol. The van der Waals surface area contributed by atoms with E-state index in [1.54, 1.807) is 7.11 Å². The molecule has 0 amide bonds. The van der Waals surface area contributed by atoms with Crippen molar-refractivity contribution in [1.29, 1.82) is 0 Å². The van der Waals surface area contributed by atoms with Crippen LogP contribution in [0.15, 0.2) is 48.5 Å². The van der Waals surface area contributed by atoms with Gasteiger partial charge in [0, 0.05) is 24.4 Å². The molecule has 2 aromatic rings. The number of hydrogen-bond donors (Lipinski definition) is 1. The third kappa shape index (κ3) is 5.38. The summed E-state index contributed by atoms with van der Waals surface area (Å²) in [6, 6.07) is 16.0. The van der Waals surface area contributed by atoms with Gasteiger partial charge in [0.25, 0.3) is 0 Å². The van der Waals surface area contributed by atoms with Crippen LogP contribution in [0.2, 0.25) is 5.02 Å². The van der Waals surface area contributed by atoms with E-state index in [4.69, 9.17) is 21.1 Å². The van der Waals surface area contributed by atoms with E-state index in [9.17, 15) is 0 Å². The highest BCUT2D eigenvalue weighted by atomic mass is 35.5. The predicted octanol–water partition coefficient (Wildman–Crippen LogP) is 4.12. The molecule has 0 aliphatic carbocycles. The molecule has 0 aromatic heterocycles. The van der Waals surface area contributed by atoms with Crippen molar-refractivity contribution in [2.75, 3.05) is 25.6 Å². The van der Waals surface area contributed by atoms with Crippen LogP contribution in [0.5, 0.6) is 0 Å². The van der Waals surface area contributed by atoms with Crippen molar-refractivity contribution >= 4 is 17.3 Å². The summed E-state index contributed by atoms with van der Waals surface area (Å²) in [6.07, 6.45) is 0. The maximum atomic E-state index is 6.15. The van der Waals surface area contributed by atoms with Crippen LogP contribution >= 0.6 is 11.6 Å². The summed E-state index contributed by atoms with van der Waals surface area (Å²) in [5.41, 5.74) is 3.28. The van der Waals surface area contributed by atoms with Crippen molar-refractivity contribution < 1.29 is 9.47 Å². The maximum absolute atomic E-state index is 6.15. The number of hydrogen-bond acceptors (Lipinski definition) is 3. The molecule has 0 unspecified atom stereocenters. The average molecular weight is 306 g/mol. The first-order valence-electron chi connectivity index (χ1n) is 6.92. The highest BCUT2D eigenvalue weighted by molar-refractivity contribution is 6.31. The summed E-state index contributed by atoms with van der Waals surface area (Å²) in [5.74, 6) is 0. The van der Waals surface area contributed by atoms with Crippen molar-refractivity contribution in [3.8, 4) is 0 Å². The van der Waals surface area contributed by atoms with Gasteiger partial charge in [0.05, 0.1) is 19.8 Å². The number of ether oxygens (including phenoxy) is 2. The Hall–Kier alpha value is -1.55. The van der Waals surface area contributed by atoms with Gasteiger partial charge in [0.2, 0.25) is 0 Å². The summed E-state index contributed by atoms with van der Waals surface area (Å²) in [5, 5.41) is 4.16. The van der Waals surface area contributed by atoms with Crippen molar-refractivity contribution in [3.05, 3.63) is 64.7 Å². The number of anilines is 1. The largest absolute Gasteiger partial charge is 0.382 e. The Balaban J connectivity index is 1.87. The van der Waals surface area contributed by atoms with Crippen LogP contribution in [0.1, 0.15) is 11.1 Å². The van der Waals surface area contributed by atoms with Crippen LogP contribution in [-0.2, 0) is 22.6 Å². The summed E-state index contributed by atoms with van der Waals surface area (Å²) in [7, 11) is 1.67. The number of nitrogens with one attached hydrogen (secondary N) is 1. The van der Waals surface area contributed by atoms with Gasteiger partial charge >= 0.3 is 0 Å². The van der Waals surface area contributed by atoms with E-state index in [1.165, 1.54) is 0 Å². The zero-order valence-electron chi connectivity index (χ0n) is 12.1. The van der Waals surface area contributed by atoms with Crippen LogP contribution < -0.4 is 5.32 Å². The third-order valence-corrected chi connectivity index (χ3v) is 3.44. The van der Waals surface area contributed by atoms with Gasteiger partial charge in [-0.2, -0.15) is 0 Å². The fraction of sp³-hybridized carbons (Fsp3) is 0.294. The summed E-state index contributed by atoms with van der Waals surface area (Å²) < 4.78 is 10.5. The first-order chi connectivity index (χ1) is 10.3. The highest BCUT2D eigenvalue weighted by Gasteiger charge is 2.00. The molecule has 2 aromatic carbocycles. The topological polar surface area (TPSA) is 30.5 Å². The molecule has 0 aliphatic heterocycles. The second kappa shape index (κ2) is 8.67. The zero-order valence-corrected chi connectivity index (χ0v) is 12.9. The van der Waals surface area contributed by atoms with Gasteiger partial charge in [-0.1, -0.05) is 41.9 Å². The minimum atomic E-state index is 0.588. The SMILES string of the molecule is COCCOCc1cccc(NCc2ccccc2Cl)c1. The Morgan fingerprint density at radius 3 is 2.71 bits per heavy atom. The van der Waals surface area contributed by atoms with Gasteiger partial charge < -0.3 is 14.8 Å². The van der Waals surface area contributed by atoms with Crippen molar-refractivity contribution in [2.45, 2.75) is 13.2 Å². The molecule has 0 saturated heterocycles. The molecule has 21 heavy (non-hydrogen) atoms. The Labute approximate surface area is 130 Å². The zero-order chi connectivity index (χ0) is 14.9. The quantitative estimate of drug-likeness (QED) is 0.744. The Bertz CT molecular complexity index is 560. The first kappa shape index (κ1) is 15.8. The maximum Gasteiger partial charge on any atom is 0.0718 e. The highest BCUT2D eigenvalue weighted by Crippen LogP contribution is 2.18. The van der Waals surface area contributed by atoms with Crippen molar-refractivity contribution in [2.24, 2.45) is 0 Å². The van der Waals surface area contributed by atoms with Gasteiger partial charge in [0.15, 0.2) is 0 Å². The van der Waals surface area contributed by atoms with Crippen molar-refractivity contribution in [3.63, 3.8) is 0 Å². The molecule has 112 valence electrons. The molecule has 0 fully saturated rings. The molecule has 0 bridgehead atoms. The molecule has 3 nitrogen and oxygen atoms in total. The molecule has 0 radical (unpaired) electrons. The molecular formula is C17H20ClNO2. The van der Waals surface area contributed by atoms with E-state index in [0.717, 1.165) is 21.8 Å². The van der Waals surface area contributed by atoms with E-state index in [0.29, 0.717) is 26.4 Å². The third-order valence-electron chi connectivity index (χ3n) is 3.07. The van der Waals surface area contributed by atoms with Gasteiger partial charge in [-0.3, -0.25) is 0 Å². The van der Waals surface area contributed by atoms with E-state index in [1.807, 2.05) is 42.5 Å². The lowest BCUT2D eigenvalue weighted by Gasteiger charge is -2.10. The van der Waals surface area contributed by atoms with Gasteiger partial charge in [0.1, 0.15) is 0 Å². The number of halogens is 1. The lowest BCUT2D eigenvalue weighted by Crippen LogP contribution is -2.03. The lowest BCUT2D eigenvalue weighted by molar-refractivity contribution is 0.0617. The Kier molecular flexibility index (Phi) is 6.54. The van der Waals surface area contributed by atoms with Gasteiger partial charge in [-0.25, -0.2) is 0 Å². The standard InChI is InChI=1S/C17H20ClNO2/c1-20-9-10-21-13-14-5-4-7-16(11-14)19-12-15-6-2-3-8-17(15)18/h2-8,11,19H,9-10,12-13H2,1H3. The van der Waals surface area contributed by atoms with E-state index >= 15 is 0 Å². The summed E-state index contributed by atoms with van der Waals surface area (Å²) in [6.45, 7) is 2.51. The minimum absolute atomic E-state index is 0.588. The number of methoxy groups -OCH3 is 1. The first-order valence-corrected chi connectivity index (χ1v) is 7.30. The summed E-state index contributed by atoms with van der Waals surface area (Å²) >= 11 is 6.15. The molecule has 2 rings (SSSR count). The van der Waals surface area contributed by atoms with Crippen molar-refractivity contribution in [1.82, 2.24) is 0 Å². The van der Waals surface area contributed by atoms with Crippen LogP contribution in [0.4, 0.5) is 5.69 Å². The van der Waals surface area contributed by atoms with Crippen LogP contribution in [-0.4, -0.2) is 20.3 Å². The molecule has 0 saturated carbocycles. The smallest absolute Gasteiger partial charge is 0.0718 e. The second-order valence-corrected chi connectivity index (χ2v) is 5.10. The number of benzene rings is 2. The molecule has 1 N–H and O–H groups in total. The van der Waals surface area contributed by atoms with E-state index in [-0.39, 0.29) is 0 Å². The van der Waals surface area contributed by atoms with Crippen LogP contribution in [0.25, 0.3) is 0 Å². The molecular weight excluding hydrogens is 286 g/mol. The van der Waals surface area contributed by atoms with E-state index < -0.39 is 0 Å². The molecule has 0 aliphatic rings. The van der Waals surface area contributed by atoms with Gasteiger partial charge in [-0.15, -0.1) is 0 Å². The average Bonchev–Trinajstić information content (AvgIpc) is 2.51. The Morgan fingerprint density at radius 1 is 1.05 bits per heavy atom. The molecule has 0 spiro atoms. The second-order valence-electron chi connectivity index (χ2n) is 4.69. The van der Waals surface area contributed by atoms with E-state index in [2.05, 4.69) is 11.4 Å². The predicted molar refractivity (Wildman–Crippen MR) is 86.8 cm³/mol. The normalized spacial score (nSPS) is 10.6. The number of rotatable bonds is 8. The molecule has 4 heteroatoms. The fourth-order valence-electron chi connectivity index (χ4n) is 1.94. The van der Waals surface area contributed by atoms with Gasteiger partial charge in [-0.05, 0) is 29.3 Å². The molecule has 0 atom stereocenters. The fourth-order valence-corrected chi connectivity index (χ4v) is 2.14. The van der Waals surface area contributed by atoms with Crippen LogP contribution in [0.3, 0.4) is 0 Å². The lowest BCUT2D eigenvalue weighted by atomic mass is 10.2. The Morgan fingerprint density at radius 2 is 1.90 bits per heavy atom.